The van der Waals surface area contributed by atoms with E-state index in [0.717, 1.165) is 17.0 Å². The van der Waals surface area contributed by atoms with Gasteiger partial charge < -0.3 is 10.1 Å². The highest BCUT2D eigenvalue weighted by Crippen LogP contribution is 2.14. The van der Waals surface area contributed by atoms with Crippen molar-refractivity contribution in [3.05, 3.63) is 29.8 Å². The van der Waals surface area contributed by atoms with E-state index in [0.29, 0.717) is 32.0 Å². The lowest BCUT2D eigenvalue weighted by Gasteiger charge is -2.12. The number of anilines is 1. The Balaban J connectivity index is 1.70. The Morgan fingerprint density at radius 3 is 2.68 bits per heavy atom. The van der Waals surface area contributed by atoms with Crippen molar-refractivity contribution in [3.63, 3.8) is 0 Å². The van der Waals surface area contributed by atoms with Gasteiger partial charge in [0, 0.05) is 18.5 Å². The van der Waals surface area contributed by atoms with Crippen molar-refractivity contribution in [3.8, 4) is 0 Å². The normalized spacial score (nSPS) is 18.2. The van der Waals surface area contributed by atoms with Gasteiger partial charge in [-0.3, -0.25) is 4.79 Å². The maximum atomic E-state index is 11.0. The first kappa shape index (κ1) is 11.7. The number of aliphatic imine (C=N–C) groups is 1. The molecule has 0 radical (unpaired) electrons. The Hall–Kier alpha value is -2.37. The van der Waals surface area contributed by atoms with Crippen molar-refractivity contribution in [2.45, 2.75) is 12.8 Å². The van der Waals surface area contributed by atoms with E-state index in [1.807, 2.05) is 24.3 Å². The number of nitrogens with one attached hydrogen (secondary N) is 2. The third-order valence-corrected chi connectivity index (χ3v) is 2.96. The maximum Gasteiger partial charge on any atom is 0.289 e. The van der Waals surface area contributed by atoms with Crippen LogP contribution in [-0.2, 0) is 9.53 Å². The number of hydrogen-bond acceptors (Lipinski definition) is 5. The zero-order chi connectivity index (χ0) is 13.1. The maximum absolute atomic E-state index is 11.0. The summed E-state index contributed by atoms with van der Waals surface area (Å²) in [6, 6.07) is 8.38. The van der Waals surface area contributed by atoms with Crippen molar-refractivity contribution in [1.82, 2.24) is 5.43 Å². The molecule has 6 heteroatoms. The number of carbonyl (C=O) groups is 1. The number of hydrazone groups is 1. The van der Waals surface area contributed by atoms with E-state index < -0.39 is 0 Å². The first-order chi connectivity index (χ1) is 9.31. The van der Waals surface area contributed by atoms with E-state index >= 15 is 0 Å². The Kier molecular flexibility index (Phi) is 3.14. The van der Waals surface area contributed by atoms with Crippen molar-refractivity contribution in [2.75, 3.05) is 18.5 Å². The second kappa shape index (κ2) is 5.09. The third-order valence-electron chi connectivity index (χ3n) is 2.96. The standard InChI is InChI=1S/C13H14N4O2/c18-12-6-5-11(16-17-12)9-1-3-10(4-2-9)15-13-14-7-8-19-13/h1-4H,5-8H2,(H,14,15)(H,17,18). The summed E-state index contributed by atoms with van der Waals surface area (Å²) in [5, 5.41) is 7.16. The van der Waals surface area contributed by atoms with Gasteiger partial charge in [-0.2, -0.15) is 5.10 Å². The summed E-state index contributed by atoms with van der Waals surface area (Å²) in [4.78, 5) is 15.2. The van der Waals surface area contributed by atoms with E-state index in [2.05, 4.69) is 20.8 Å². The summed E-state index contributed by atoms with van der Waals surface area (Å²) < 4.78 is 5.28. The van der Waals surface area contributed by atoms with Crippen LogP contribution in [0.5, 0.6) is 0 Å². The first-order valence-electron chi connectivity index (χ1n) is 6.21. The fraction of sp³-hybridized carbons (Fsp3) is 0.308. The zero-order valence-corrected chi connectivity index (χ0v) is 10.3. The van der Waals surface area contributed by atoms with Gasteiger partial charge in [-0.1, -0.05) is 12.1 Å². The van der Waals surface area contributed by atoms with E-state index in [9.17, 15) is 4.79 Å². The molecule has 0 bridgehead atoms. The number of carbonyl (C=O) groups excluding carboxylic acids is 1. The molecule has 2 aliphatic rings. The number of amidine groups is 1. The smallest absolute Gasteiger partial charge is 0.289 e. The van der Waals surface area contributed by atoms with Gasteiger partial charge >= 0.3 is 0 Å². The average molecular weight is 258 g/mol. The molecular formula is C13H14N4O2. The van der Waals surface area contributed by atoms with Gasteiger partial charge in [0.05, 0.1) is 12.3 Å². The van der Waals surface area contributed by atoms with E-state index in [1.165, 1.54) is 0 Å². The number of benzene rings is 1. The predicted octanol–water partition coefficient (Wildman–Crippen LogP) is 1.10. The molecule has 2 N–H and O–H groups in total. The van der Waals surface area contributed by atoms with E-state index in [1.54, 1.807) is 0 Å². The second-order valence-corrected chi connectivity index (χ2v) is 4.33. The van der Waals surface area contributed by atoms with Crippen molar-refractivity contribution in [1.29, 1.82) is 0 Å². The molecule has 1 amide bonds. The van der Waals surface area contributed by atoms with Crippen LogP contribution in [0.3, 0.4) is 0 Å². The Morgan fingerprint density at radius 2 is 2.05 bits per heavy atom. The highest BCUT2D eigenvalue weighted by molar-refractivity contribution is 6.04. The third kappa shape index (κ3) is 2.73. The van der Waals surface area contributed by atoms with Crippen molar-refractivity contribution >= 4 is 23.3 Å². The molecule has 0 saturated carbocycles. The van der Waals surface area contributed by atoms with Gasteiger partial charge in [0.1, 0.15) is 6.61 Å². The molecule has 3 rings (SSSR count). The average Bonchev–Trinajstić information content (AvgIpc) is 2.94. The van der Waals surface area contributed by atoms with E-state index in [-0.39, 0.29) is 5.91 Å². The molecule has 98 valence electrons. The topological polar surface area (TPSA) is 75.1 Å². The molecule has 0 atom stereocenters. The molecule has 1 aromatic carbocycles. The zero-order valence-electron chi connectivity index (χ0n) is 10.3. The lowest BCUT2D eigenvalue weighted by Crippen LogP contribution is -2.25. The molecule has 2 aliphatic heterocycles. The summed E-state index contributed by atoms with van der Waals surface area (Å²) in [5.74, 6) is -0.0292. The van der Waals surface area contributed by atoms with Crippen LogP contribution in [0.25, 0.3) is 0 Å². The van der Waals surface area contributed by atoms with Crippen molar-refractivity contribution in [2.24, 2.45) is 10.1 Å². The predicted molar refractivity (Wildman–Crippen MR) is 72.2 cm³/mol. The van der Waals surface area contributed by atoms with Crippen LogP contribution in [0, 0.1) is 0 Å². The Labute approximate surface area is 110 Å². The molecule has 0 unspecified atom stereocenters. The molecule has 6 nitrogen and oxygen atoms in total. The number of nitrogens with zero attached hydrogens (tertiary/aromatic N) is 2. The molecule has 0 spiro atoms. The lowest BCUT2D eigenvalue weighted by atomic mass is 10.0. The van der Waals surface area contributed by atoms with Crippen LogP contribution in [0.15, 0.2) is 34.4 Å². The summed E-state index contributed by atoms with van der Waals surface area (Å²) in [7, 11) is 0. The molecule has 2 heterocycles. The number of amides is 1. The van der Waals surface area contributed by atoms with Gasteiger partial charge in [-0.15, -0.1) is 0 Å². The van der Waals surface area contributed by atoms with Gasteiger partial charge in [-0.05, 0) is 17.7 Å². The quantitative estimate of drug-likeness (QED) is 0.834. The largest absolute Gasteiger partial charge is 0.463 e. The molecule has 0 fully saturated rings. The van der Waals surface area contributed by atoms with Crippen molar-refractivity contribution < 1.29 is 9.53 Å². The van der Waals surface area contributed by atoms with Crippen LogP contribution in [-0.4, -0.2) is 30.8 Å². The minimum Gasteiger partial charge on any atom is -0.463 e. The van der Waals surface area contributed by atoms with Crippen LogP contribution in [0.1, 0.15) is 18.4 Å². The Bertz CT molecular complexity index is 548. The molecule has 0 aromatic heterocycles. The van der Waals surface area contributed by atoms with Crippen LogP contribution in [0.2, 0.25) is 0 Å². The summed E-state index contributed by atoms with van der Waals surface area (Å²) in [6.07, 6.45) is 1.16. The van der Waals surface area contributed by atoms with Crippen LogP contribution < -0.4 is 10.7 Å². The monoisotopic (exact) mass is 258 g/mol. The van der Waals surface area contributed by atoms with Gasteiger partial charge in [0.25, 0.3) is 6.02 Å². The molecular weight excluding hydrogens is 244 g/mol. The molecule has 0 saturated heterocycles. The van der Waals surface area contributed by atoms with Crippen LogP contribution >= 0.6 is 0 Å². The fourth-order valence-corrected chi connectivity index (χ4v) is 1.96. The molecule has 0 aliphatic carbocycles. The lowest BCUT2D eigenvalue weighted by molar-refractivity contribution is -0.121. The van der Waals surface area contributed by atoms with Gasteiger partial charge in [0.2, 0.25) is 5.91 Å². The number of hydrogen-bond donors (Lipinski definition) is 2. The van der Waals surface area contributed by atoms with E-state index in [4.69, 9.17) is 4.74 Å². The first-order valence-corrected chi connectivity index (χ1v) is 6.21. The Morgan fingerprint density at radius 1 is 1.21 bits per heavy atom. The minimum absolute atomic E-state index is 0.0292. The van der Waals surface area contributed by atoms with Gasteiger partial charge in [-0.25, -0.2) is 10.4 Å². The highest BCUT2D eigenvalue weighted by Gasteiger charge is 2.13. The fourth-order valence-electron chi connectivity index (χ4n) is 1.96. The van der Waals surface area contributed by atoms with Crippen LogP contribution in [0.4, 0.5) is 5.69 Å². The number of rotatable bonds is 2. The summed E-state index contributed by atoms with van der Waals surface area (Å²) in [6.45, 7) is 1.34. The van der Waals surface area contributed by atoms with Gasteiger partial charge in [0.15, 0.2) is 0 Å². The molecule has 1 aromatic rings. The summed E-state index contributed by atoms with van der Waals surface area (Å²) >= 11 is 0. The highest BCUT2D eigenvalue weighted by atomic mass is 16.5. The summed E-state index contributed by atoms with van der Waals surface area (Å²) in [5.41, 5.74) is 5.34. The molecule has 19 heavy (non-hydrogen) atoms. The SMILES string of the molecule is O=C1CCC(c2ccc(NC3=NCCO3)cc2)=NN1. The minimum atomic E-state index is -0.0292. The second-order valence-electron chi connectivity index (χ2n) is 4.33. The number of ether oxygens (including phenoxy) is 1.